The van der Waals surface area contributed by atoms with Gasteiger partial charge in [-0.1, -0.05) is 30.3 Å². The highest BCUT2D eigenvalue weighted by molar-refractivity contribution is 6.62. The summed E-state index contributed by atoms with van der Waals surface area (Å²) >= 11 is 0. The molecule has 0 spiro atoms. The first kappa shape index (κ1) is 23.5. The minimum Gasteiger partial charge on any atom is -0.399 e. The fourth-order valence-electron chi connectivity index (χ4n) is 4.08. The van der Waals surface area contributed by atoms with E-state index in [-0.39, 0.29) is 29.5 Å². The topological polar surface area (TPSA) is 62.7 Å². The van der Waals surface area contributed by atoms with Gasteiger partial charge in [-0.25, -0.2) is 4.98 Å². The number of rotatable bonds is 3. The smallest absolute Gasteiger partial charge is 0.399 e. The van der Waals surface area contributed by atoms with E-state index in [0.717, 1.165) is 33.2 Å². The van der Waals surface area contributed by atoms with Crippen LogP contribution in [0.3, 0.4) is 0 Å². The molecule has 0 bridgehead atoms. The molecule has 8 heteroatoms. The van der Waals surface area contributed by atoms with Gasteiger partial charge < -0.3 is 18.6 Å². The molecule has 2 fully saturated rings. The fraction of sp³-hybridized carbons (Fsp3) is 0.462. The molecule has 3 heterocycles. The summed E-state index contributed by atoms with van der Waals surface area (Å²) in [5.41, 5.74) is 3.84. The van der Waals surface area contributed by atoms with E-state index in [0.29, 0.717) is 0 Å². The first-order valence-electron chi connectivity index (χ1n) is 11.9. The van der Waals surface area contributed by atoms with E-state index in [1.807, 2.05) is 42.5 Å². The lowest BCUT2D eigenvalue weighted by Gasteiger charge is -2.32. The van der Waals surface area contributed by atoms with Crippen LogP contribution < -0.4 is 10.9 Å². The highest BCUT2D eigenvalue weighted by atomic mass is 16.7. The predicted octanol–water partition coefficient (Wildman–Crippen LogP) is 3.90. The first-order chi connectivity index (χ1) is 15.8. The van der Waals surface area contributed by atoms with Crippen LogP contribution in [0.25, 0.3) is 22.3 Å². The van der Waals surface area contributed by atoms with Crippen LogP contribution in [-0.4, -0.2) is 46.6 Å². The largest absolute Gasteiger partial charge is 0.494 e. The monoisotopic (exact) mass is 458 g/mol. The summed E-state index contributed by atoms with van der Waals surface area (Å²) in [6, 6.07) is 14.1. The van der Waals surface area contributed by atoms with Gasteiger partial charge in [0.05, 0.1) is 45.3 Å². The van der Waals surface area contributed by atoms with Gasteiger partial charge in [-0.05, 0) is 78.4 Å². The van der Waals surface area contributed by atoms with Gasteiger partial charge in [0.1, 0.15) is 0 Å². The minimum atomic E-state index is -0.431. The van der Waals surface area contributed by atoms with E-state index >= 15 is 0 Å². The summed E-state index contributed by atoms with van der Waals surface area (Å²) in [4.78, 5) is 9.51. The quantitative estimate of drug-likeness (QED) is 0.556. The summed E-state index contributed by atoms with van der Waals surface area (Å²) in [6.07, 6.45) is 1.81. The Bertz CT molecular complexity index is 1210. The Hall–Kier alpha value is -2.25. The maximum Gasteiger partial charge on any atom is 0.494 e. The van der Waals surface area contributed by atoms with Crippen molar-refractivity contribution in [2.24, 2.45) is 0 Å². The van der Waals surface area contributed by atoms with E-state index in [4.69, 9.17) is 23.6 Å². The third kappa shape index (κ3) is 3.87. The summed E-state index contributed by atoms with van der Waals surface area (Å²) in [6.45, 7) is 16.5. The van der Waals surface area contributed by atoms with E-state index in [2.05, 4.69) is 60.4 Å². The van der Waals surface area contributed by atoms with Gasteiger partial charge in [-0.3, -0.25) is 4.98 Å². The van der Waals surface area contributed by atoms with E-state index < -0.39 is 7.12 Å². The van der Waals surface area contributed by atoms with Crippen LogP contribution in [0.5, 0.6) is 0 Å². The minimum absolute atomic E-state index is 0.366. The predicted molar refractivity (Wildman–Crippen MR) is 136 cm³/mol. The van der Waals surface area contributed by atoms with Crippen LogP contribution in [-0.2, 0) is 18.6 Å². The molecule has 2 saturated heterocycles. The molecule has 1 aromatic heterocycles. The first-order valence-corrected chi connectivity index (χ1v) is 11.9. The Labute approximate surface area is 202 Å². The van der Waals surface area contributed by atoms with Crippen molar-refractivity contribution in [1.29, 1.82) is 0 Å². The molecule has 0 unspecified atom stereocenters. The Morgan fingerprint density at radius 1 is 0.588 bits per heavy atom. The zero-order valence-corrected chi connectivity index (χ0v) is 21.3. The molecule has 2 aromatic carbocycles. The lowest BCUT2D eigenvalue weighted by molar-refractivity contribution is 0.00578. The van der Waals surface area contributed by atoms with Gasteiger partial charge in [-0.15, -0.1) is 0 Å². The molecule has 2 aliphatic heterocycles. The van der Waals surface area contributed by atoms with Gasteiger partial charge in [0.15, 0.2) is 0 Å². The second-order valence-electron chi connectivity index (χ2n) is 11.3. The van der Waals surface area contributed by atoms with Crippen molar-refractivity contribution < 1.29 is 18.6 Å². The van der Waals surface area contributed by atoms with Crippen LogP contribution in [0.2, 0.25) is 0 Å². The molecule has 2 aliphatic rings. The third-order valence-corrected chi connectivity index (χ3v) is 7.82. The van der Waals surface area contributed by atoms with Gasteiger partial charge in [0.2, 0.25) is 0 Å². The number of hydrogen-bond acceptors (Lipinski definition) is 6. The second kappa shape index (κ2) is 7.62. The Morgan fingerprint density at radius 2 is 1.06 bits per heavy atom. The Kier molecular flexibility index (Phi) is 5.27. The molecule has 34 heavy (non-hydrogen) atoms. The third-order valence-electron chi connectivity index (χ3n) is 7.82. The molecule has 6 nitrogen and oxygen atoms in total. The average Bonchev–Trinajstić information content (AvgIpc) is 3.12. The summed E-state index contributed by atoms with van der Waals surface area (Å²) < 4.78 is 24.8. The van der Waals surface area contributed by atoms with Crippen LogP contribution in [0.15, 0.2) is 48.7 Å². The standard InChI is InChI=1S/C26H32B2N2O4/c1-23(2)24(3,4)32-27(31-23)18-11-9-17(10-12-18)22-16-29-20-14-13-19(15-21(20)30-22)28-33-25(5,6)26(7,8)34-28/h9-16H,1-8H3. The van der Waals surface area contributed by atoms with Crippen molar-refractivity contribution in [3.8, 4) is 11.3 Å². The zero-order chi connectivity index (χ0) is 24.5. The van der Waals surface area contributed by atoms with Crippen molar-refractivity contribution in [3.05, 3.63) is 48.7 Å². The van der Waals surface area contributed by atoms with Crippen molar-refractivity contribution in [2.45, 2.75) is 77.8 Å². The average molecular weight is 458 g/mol. The Balaban J connectivity index is 1.40. The van der Waals surface area contributed by atoms with Crippen molar-refractivity contribution in [1.82, 2.24) is 9.97 Å². The normalized spacial score (nSPS) is 22.5. The molecular formula is C26H32B2N2O4. The van der Waals surface area contributed by atoms with Crippen molar-refractivity contribution >= 4 is 36.2 Å². The number of hydrogen-bond donors (Lipinski definition) is 0. The SMILES string of the molecule is CC1(C)OB(c2ccc(-c3cnc4ccc(B5OC(C)(C)C(C)(C)O5)cc4n3)cc2)OC1(C)C. The van der Waals surface area contributed by atoms with Gasteiger partial charge in [-0.2, -0.15) is 0 Å². The van der Waals surface area contributed by atoms with Crippen LogP contribution >= 0.6 is 0 Å². The zero-order valence-electron chi connectivity index (χ0n) is 21.3. The molecule has 0 N–H and O–H groups in total. The van der Waals surface area contributed by atoms with Gasteiger partial charge >= 0.3 is 14.2 Å². The van der Waals surface area contributed by atoms with Crippen LogP contribution in [0, 0.1) is 0 Å². The van der Waals surface area contributed by atoms with E-state index in [1.165, 1.54) is 0 Å². The molecule has 0 saturated carbocycles. The summed E-state index contributed by atoms with van der Waals surface area (Å²) in [5, 5.41) is 0. The molecule has 176 valence electrons. The molecule has 5 rings (SSSR count). The molecule has 3 aromatic rings. The van der Waals surface area contributed by atoms with Crippen molar-refractivity contribution in [3.63, 3.8) is 0 Å². The van der Waals surface area contributed by atoms with Crippen molar-refractivity contribution in [2.75, 3.05) is 0 Å². The van der Waals surface area contributed by atoms with Gasteiger partial charge in [0.25, 0.3) is 0 Å². The molecule has 0 radical (unpaired) electrons. The number of nitrogens with zero attached hydrogens (tertiary/aromatic N) is 2. The summed E-state index contributed by atoms with van der Waals surface area (Å²) in [7, 11) is -0.816. The number of aromatic nitrogens is 2. The van der Waals surface area contributed by atoms with E-state index in [9.17, 15) is 0 Å². The van der Waals surface area contributed by atoms with Crippen LogP contribution in [0.4, 0.5) is 0 Å². The molecular weight excluding hydrogens is 426 g/mol. The lowest BCUT2D eigenvalue weighted by atomic mass is 9.78. The Morgan fingerprint density at radius 3 is 1.59 bits per heavy atom. The summed E-state index contributed by atoms with van der Waals surface area (Å²) in [5.74, 6) is 0. The number of benzene rings is 2. The maximum absolute atomic E-state index is 6.21. The number of fused-ring (bicyclic) bond motifs is 1. The molecule has 0 atom stereocenters. The lowest BCUT2D eigenvalue weighted by Crippen LogP contribution is -2.41. The van der Waals surface area contributed by atoms with E-state index in [1.54, 1.807) is 6.20 Å². The highest BCUT2D eigenvalue weighted by Crippen LogP contribution is 2.37. The van der Waals surface area contributed by atoms with Gasteiger partial charge in [0, 0.05) is 5.56 Å². The van der Waals surface area contributed by atoms with Crippen LogP contribution in [0.1, 0.15) is 55.4 Å². The fourth-order valence-corrected chi connectivity index (χ4v) is 4.08. The molecule has 0 aliphatic carbocycles. The maximum atomic E-state index is 6.21. The second-order valence-corrected chi connectivity index (χ2v) is 11.3. The molecule has 0 amide bonds. The highest BCUT2D eigenvalue weighted by Gasteiger charge is 2.52.